The number of hydrogen-bond acceptors (Lipinski definition) is 8. The number of hydrazine groups is 3. The van der Waals surface area contributed by atoms with E-state index in [9.17, 15) is 4.79 Å². The van der Waals surface area contributed by atoms with Gasteiger partial charge in [0.25, 0.3) is 0 Å². The van der Waals surface area contributed by atoms with E-state index < -0.39 is 6.03 Å². The van der Waals surface area contributed by atoms with Crippen LogP contribution in [0.25, 0.3) is 10.4 Å². The molecule has 0 saturated carbocycles. The monoisotopic (exact) mass is 435 g/mol. The highest BCUT2D eigenvalue weighted by Crippen LogP contribution is 2.37. The van der Waals surface area contributed by atoms with Gasteiger partial charge in [0.15, 0.2) is 0 Å². The highest BCUT2D eigenvalue weighted by atomic mass is 16.2. The van der Waals surface area contributed by atoms with Crippen LogP contribution in [0, 0.1) is 0 Å². The van der Waals surface area contributed by atoms with Crippen LogP contribution in [-0.4, -0.2) is 35.5 Å². The summed E-state index contributed by atoms with van der Waals surface area (Å²) in [6, 6.07) is 14.6. The van der Waals surface area contributed by atoms with Crippen molar-refractivity contribution in [1.29, 1.82) is 0 Å². The summed E-state index contributed by atoms with van der Waals surface area (Å²) in [6.07, 6.45) is 1.63. The molecule has 2 amide bonds. The summed E-state index contributed by atoms with van der Waals surface area (Å²) in [6.45, 7) is 1.96. The second-order valence-electron chi connectivity index (χ2n) is 7.60. The lowest BCUT2D eigenvalue weighted by molar-refractivity contribution is 0.203. The fourth-order valence-corrected chi connectivity index (χ4v) is 3.84. The van der Waals surface area contributed by atoms with Gasteiger partial charge in [-0.1, -0.05) is 30.3 Å². The number of nitrogens with two attached hydrogens (primary N) is 1. The van der Waals surface area contributed by atoms with E-state index in [0.717, 1.165) is 48.7 Å². The van der Waals surface area contributed by atoms with Gasteiger partial charge in [-0.15, -0.1) is 0 Å². The van der Waals surface area contributed by atoms with Crippen LogP contribution in [0.4, 0.5) is 21.9 Å². The predicted octanol–water partition coefficient (Wildman–Crippen LogP) is 2.49. The number of rotatable bonds is 5. The third kappa shape index (κ3) is 4.74. The maximum atomic E-state index is 11.4. The Balaban J connectivity index is 1.46. The molecule has 0 radical (unpaired) electrons. The number of benzene rings is 2. The SMILES string of the molecule is [N-]=[N+]=NC(=O)NNc1ccccc1CNNC1=Nc2ccccc2NC12CCN(N)CC2. The number of azide groups is 1. The number of hydrogen-bond donors (Lipinski definition) is 6. The van der Waals surface area contributed by atoms with Crippen molar-refractivity contribution in [2.75, 3.05) is 23.8 Å². The highest BCUT2D eigenvalue weighted by Gasteiger charge is 2.41. The fraction of sp³-hybridized carbons (Fsp3) is 0.300. The summed E-state index contributed by atoms with van der Waals surface area (Å²) in [5.41, 5.74) is 23.1. The molecule has 0 atom stereocenters. The summed E-state index contributed by atoms with van der Waals surface area (Å²) in [4.78, 5) is 18.7. The Morgan fingerprint density at radius 3 is 2.75 bits per heavy atom. The molecule has 0 bridgehead atoms. The highest BCUT2D eigenvalue weighted by molar-refractivity contribution is 6.00. The molecule has 7 N–H and O–H groups in total. The predicted molar refractivity (Wildman–Crippen MR) is 123 cm³/mol. The van der Waals surface area contributed by atoms with Gasteiger partial charge in [-0.25, -0.2) is 15.4 Å². The van der Waals surface area contributed by atoms with Crippen LogP contribution in [0.1, 0.15) is 18.4 Å². The number of urea groups is 1. The van der Waals surface area contributed by atoms with Crippen molar-refractivity contribution in [3.8, 4) is 0 Å². The van der Waals surface area contributed by atoms with E-state index in [0.29, 0.717) is 12.2 Å². The van der Waals surface area contributed by atoms with Gasteiger partial charge in [0.1, 0.15) is 5.84 Å². The van der Waals surface area contributed by atoms with Crippen LogP contribution in [0.3, 0.4) is 0 Å². The van der Waals surface area contributed by atoms with E-state index in [1.165, 1.54) is 0 Å². The zero-order chi connectivity index (χ0) is 22.4. The number of carbonyl (C=O) groups excluding carboxylic acids is 1. The topological polar surface area (TPSA) is 168 Å². The molecular formula is C20H25N11O. The van der Waals surface area contributed by atoms with Crippen LogP contribution < -0.4 is 32.9 Å². The molecule has 0 unspecified atom stereocenters. The number of aliphatic imine (C=N–C) groups is 1. The van der Waals surface area contributed by atoms with Gasteiger partial charge in [0.05, 0.1) is 22.6 Å². The molecule has 0 aromatic heterocycles. The largest absolute Gasteiger partial charge is 0.371 e. The van der Waals surface area contributed by atoms with Crippen LogP contribution in [0.5, 0.6) is 0 Å². The van der Waals surface area contributed by atoms with Gasteiger partial charge in [-0.2, -0.15) is 0 Å². The van der Waals surface area contributed by atoms with E-state index in [1.807, 2.05) is 53.5 Å². The first-order valence-corrected chi connectivity index (χ1v) is 10.2. The van der Waals surface area contributed by atoms with Crippen molar-refractivity contribution in [3.05, 3.63) is 64.5 Å². The molecule has 2 aliphatic rings. The maximum absolute atomic E-state index is 11.4. The number of para-hydroxylation sites is 3. The Hall–Kier alpha value is -3.83. The number of fused-ring (bicyclic) bond motifs is 1. The Morgan fingerprint density at radius 2 is 1.94 bits per heavy atom. The second-order valence-corrected chi connectivity index (χ2v) is 7.60. The number of anilines is 2. The molecule has 4 rings (SSSR count). The Labute approximate surface area is 184 Å². The molecule has 1 spiro atoms. The van der Waals surface area contributed by atoms with E-state index >= 15 is 0 Å². The zero-order valence-electron chi connectivity index (χ0n) is 17.4. The summed E-state index contributed by atoms with van der Waals surface area (Å²) in [5, 5.41) is 8.47. The fourth-order valence-electron chi connectivity index (χ4n) is 3.84. The quantitative estimate of drug-likeness (QED) is 0.138. The van der Waals surface area contributed by atoms with Crippen LogP contribution in [-0.2, 0) is 6.54 Å². The molecule has 2 aromatic rings. The zero-order valence-corrected chi connectivity index (χ0v) is 17.4. The van der Waals surface area contributed by atoms with Crippen molar-refractivity contribution < 1.29 is 4.79 Å². The number of nitrogens with zero attached hydrogens (tertiary/aromatic N) is 5. The van der Waals surface area contributed by atoms with E-state index in [2.05, 4.69) is 37.0 Å². The van der Waals surface area contributed by atoms with Crippen LogP contribution >= 0.6 is 0 Å². The lowest BCUT2D eigenvalue weighted by Crippen LogP contribution is -2.62. The van der Waals surface area contributed by atoms with Crippen molar-refractivity contribution in [2.24, 2.45) is 15.9 Å². The average molecular weight is 435 g/mol. The summed E-state index contributed by atoms with van der Waals surface area (Å²) in [5.74, 6) is 6.80. The minimum absolute atomic E-state index is 0.335. The van der Waals surface area contributed by atoms with Crippen molar-refractivity contribution in [3.63, 3.8) is 0 Å². The maximum Gasteiger partial charge on any atom is 0.326 e. The van der Waals surface area contributed by atoms with Crippen LogP contribution in [0.15, 0.2) is 58.6 Å². The molecule has 12 nitrogen and oxygen atoms in total. The Bertz CT molecular complexity index is 1060. The molecule has 0 aliphatic carbocycles. The molecule has 2 aromatic carbocycles. The van der Waals surface area contributed by atoms with Gasteiger partial charge in [0.2, 0.25) is 0 Å². The Morgan fingerprint density at radius 1 is 1.19 bits per heavy atom. The first kappa shape index (κ1) is 21.4. The van der Waals surface area contributed by atoms with Gasteiger partial charge >= 0.3 is 6.03 Å². The lowest BCUT2D eigenvalue weighted by Gasteiger charge is -2.44. The molecule has 1 saturated heterocycles. The molecule has 2 heterocycles. The minimum Gasteiger partial charge on any atom is -0.371 e. The minimum atomic E-state index is -0.817. The van der Waals surface area contributed by atoms with Crippen LogP contribution in [0.2, 0.25) is 0 Å². The number of nitrogens with one attached hydrogen (secondary N) is 5. The van der Waals surface area contributed by atoms with E-state index in [1.54, 1.807) is 0 Å². The second kappa shape index (κ2) is 9.54. The average Bonchev–Trinajstić information content (AvgIpc) is 2.81. The number of carbonyl (C=O) groups is 1. The third-order valence-electron chi connectivity index (χ3n) is 5.56. The lowest BCUT2D eigenvalue weighted by atomic mass is 9.85. The smallest absolute Gasteiger partial charge is 0.326 e. The molecule has 1 fully saturated rings. The molecule has 12 heteroatoms. The molecular weight excluding hydrogens is 410 g/mol. The number of amides is 2. The summed E-state index contributed by atoms with van der Waals surface area (Å²) < 4.78 is 0. The first-order valence-electron chi connectivity index (χ1n) is 10.2. The first-order chi connectivity index (χ1) is 15.6. The number of piperidine rings is 1. The summed E-state index contributed by atoms with van der Waals surface area (Å²) >= 11 is 0. The van der Waals surface area contributed by atoms with Gasteiger partial charge in [0, 0.05) is 29.7 Å². The van der Waals surface area contributed by atoms with E-state index in [-0.39, 0.29) is 5.54 Å². The van der Waals surface area contributed by atoms with E-state index in [4.69, 9.17) is 16.4 Å². The van der Waals surface area contributed by atoms with Gasteiger partial charge in [-0.3, -0.25) is 21.5 Å². The van der Waals surface area contributed by atoms with Crippen molar-refractivity contribution >= 4 is 28.9 Å². The van der Waals surface area contributed by atoms with Gasteiger partial charge < -0.3 is 10.7 Å². The number of amidine groups is 1. The molecule has 166 valence electrons. The third-order valence-corrected chi connectivity index (χ3v) is 5.56. The Kier molecular flexibility index (Phi) is 6.38. The standard InChI is InChI=1S/C20H25N11O/c21-30-29-19(32)28-26-15-6-2-1-5-14(15)13-23-27-18-20(9-11-31(22)12-10-20)25-17-8-4-3-7-16(17)24-18/h1-8,23,25-26H,9-13,22H2,(H,24,27)(H,28,32). The molecule has 32 heavy (non-hydrogen) atoms. The normalized spacial score (nSPS) is 16.7. The van der Waals surface area contributed by atoms with Crippen molar-refractivity contribution in [1.82, 2.24) is 21.3 Å². The van der Waals surface area contributed by atoms with Gasteiger partial charge in [-0.05, 0) is 42.1 Å². The molecule has 2 aliphatic heterocycles. The van der Waals surface area contributed by atoms with Crippen molar-refractivity contribution in [2.45, 2.75) is 24.9 Å². The summed E-state index contributed by atoms with van der Waals surface area (Å²) in [7, 11) is 0.